The van der Waals surface area contributed by atoms with E-state index in [-0.39, 0.29) is 93.8 Å². The van der Waals surface area contributed by atoms with Gasteiger partial charge in [0.05, 0.1) is 50.8 Å². The fourth-order valence-electron chi connectivity index (χ4n) is 15.8. The number of ether oxygens (including phenoxy) is 3. The molecule has 0 fully saturated rings. The summed E-state index contributed by atoms with van der Waals surface area (Å²) in [5, 5.41) is 41.2. The molecule has 1 spiro atoms. The third-order valence-electron chi connectivity index (χ3n) is 25.7. The van der Waals surface area contributed by atoms with Gasteiger partial charge in [0.15, 0.2) is 35.5 Å². The molecule has 7 aromatic carbocycles. The number of aryl methyl sites for hydroxylation is 2. The van der Waals surface area contributed by atoms with Crippen molar-refractivity contribution in [3.05, 3.63) is 218 Å². The summed E-state index contributed by atoms with van der Waals surface area (Å²) in [7, 11) is -6.75. The van der Waals surface area contributed by atoms with Gasteiger partial charge in [0.2, 0.25) is 29.8 Å². The maximum absolute atomic E-state index is 15.1. The lowest BCUT2D eigenvalue weighted by atomic mass is 9.76. The predicted octanol–water partition coefficient (Wildman–Crippen LogP) is 18.1. The summed E-state index contributed by atoms with van der Waals surface area (Å²) in [6.07, 6.45) is 3.57. The number of thioether (sulfide) groups is 2. The van der Waals surface area contributed by atoms with Crippen LogP contribution in [0.15, 0.2) is 172 Å². The lowest BCUT2D eigenvalue weighted by Crippen LogP contribution is -2.53. The number of aromatic nitrogens is 6. The molecule has 31 nitrogen and oxygen atoms in total. The molecule has 0 aliphatic carbocycles. The van der Waals surface area contributed by atoms with E-state index in [0.29, 0.717) is 89.2 Å². The first kappa shape index (κ1) is 102. The smallest absolute Gasteiger partial charge is 0.421 e. The molecule has 0 saturated heterocycles. The van der Waals surface area contributed by atoms with Gasteiger partial charge < -0.3 is 40.0 Å². The van der Waals surface area contributed by atoms with Crippen LogP contribution in [-0.4, -0.2) is 164 Å². The summed E-state index contributed by atoms with van der Waals surface area (Å²) in [5.74, 6) is 1.62. The van der Waals surface area contributed by atoms with Gasteiger partial charge in [-0.25, -0.2) is 50.7 Å². The molecule has 6 atom stereocenters. The number of nitrogens with one attached hydrogen (secondary N) is 5. The van der Waals surface area contributed by atoms with Crippen LogP contribution in [0.4, 0.5) is 43.7 Å². The molecular formula is C98H130N18O13S4. The van der Waals surface area contributed by atoms with Gasteiger partial charge in [0.25, 0.3) is 17.5 Å². The molecule has 6 unspecified atom stereocenters. The van der Waals surface area contributed by atoms with Crippen molar-refractivity contribution in [3.63, 3.8) is 0 Å². The Morgan fingerprint density at radius 3 is 1.53 bits per heavy atom. The molecular weight excluding hydrogens is 1770 g/mol. The largest absolute Gasteiger partial charge is 0.481 e. The van der Waals surface area contributed by atoms with E-state index in [9.17, 15) is 41.3 Å². The zero-order chi connectivity index (χ0) is 97.4. The van der Waals surface area contributed by atoms with Crippen molar-refractivity contribution >= 4 is 113 Å². The number of fused-ring (bicyclic) bond motifs is 4. The molecule has 3 aliphatic heterocycles. The summed E-state index contributed by atoms with van der Waals surface area (Å²) in [5.41, 5.74) is 9.71. The van der Waals surface area contributed by atoms with Crippen LogP contribution in [-0.2, 0) is 61.0 Å². The minimum absolute atomic E-state index is 0.0100. The monoisotopic (exact) mass is 1890 g/mol. The average molecular weight is 1900 g/mol. The Hall–Kier alpha value is -11.2. The third-order valence-corrected chi connectivity index (χ3v) is 30.2. The molecule has 3 aliphatic rings. The maximum atomic E-state index is 15.1. The molecule has 12 rings (SSSR count). The van der Waals surface area contributed by atoms with Crippen LogP contribution >= 0.6 is 23.5 Å². The summed E-state index contributed by atoms with van der Waals surface area (Å²) in [6.45, 7) is 47.8. The molecule has 5 amide bonds. The number of anilines is 5. The Bertz CT molecular complexity index is 6080. The molecule has 714 valence electrons. The molecule has 0 radical (unpaired) electrons. The Morgan fingerprint density at radius 1 is 0.579 bits per heavy atom. The van der Waals surface area contributed by atoms with E-state index in [1.807, 2.05) is 120 Å². The van der Waals surface area contributed by atoms with Crippen molar-refractivity contribution in [1.29, 1.82) is 0 Å². The van der Waals surface area contributed by atoms with Crippen molar-refractivity contribution in [2.45, 2.75) is 243 Å². The van der Waals surface area contributed by atoms with E-state index in [4.69, 9.17) is 44.6 Å². The van der Waals surface area contributed by atoms with Crippen molar-refractivity contribution in [1.82, 2.24) is 49.8 Å². The predicted molar refractivity (Wildman–Crippen MR) is 531 cm³/mol. The minimum atomic E-state index is -3.42. The topological polar surface area (TPSA) is 367 Å². The van der Waals surface area contributed by atoms with Crippen LogP contribution in [0.2, 0.25) is 0 Å². The normalized spacial score (nSPS) is 16.5. The number of carbonyl (C=O) groups is 4. The number of sulfonamides is 2. The van der Waals surface area contributed by atoms with E-state index in [0.717, 1.165) is 82.9 Å². The number of nitro groups is 1. The van der Waals surface area contributed by atoms with Crippen molar-refractivity contribution < 1.29 is 55.1 Å². The van der Waals surface area contributed by atoms with E-state index < -0.39 is 58.9 Å². The quantitative estimate of drug-likeness (QED) is 0.0136. The standard InChI is InChI=1S/C52H67N9O8S2.C46H63N9O5S2/c1-13-50(8,9)38-25-28-44(41(32-38)51(10,11)14-2)68-36(6)47(62)53-33-35(5)46-55-48-52(37(7)56-60(48)57-46,70-45-24-20-19-23-43(45)61(64)65)59(49(63)69-40-21-17-16-18-22-40)42-27-26-39(31-34(42)4)58(15-3)30-29-54-71(12,66)67;1-13-44(8,9)33-20-23-38(35(27-33)45(10,11)14-2)60-31(6)41(56)47-28-30(5)40-50-42-46(32(7)51-55(42)52-40)54(43(57)49-36-18-16-17-19-39(36)61-46)37-22-21-34(26-29(37)4)53(15-3)25-24-48-62(12,58)59/h16-28,31-32,35-36,54H,13-15,29-30,33H2,1-12H3,(H,53,62);16-23,26-27,30-31,48H,13-15,24-25,28H2,1-12H3,(H,47,56)(H,49,57). The number of nitro benzene ring substituents is 1. The molecule has 9 aromatic rings. The Labute approximate surface area is 791 Å². The van der Waals surface area contributed by atoms with Crippen LogP contribution in [0.1, 0.15) is 233 Å². The highest BCUT2D eigenvalue weighted by Gasteiger charge is 2.58. The number of amides is 5. The first-order valence-corrected chi connectivity index (χ1v) is 50.8. The second-order valence-corrected chi connectivity index (χ2v) is 43.0. The van der Waals surface area contributed by atoms with Crippen LogP contribution in [0.5, 0.6) is 17.2 Å². The summed E-state index contributed by atoms with van der Waals surface area (Å²) in [4.78, 5) is 87.5. The number of para-hydroxylation sites is 3. The van der Waals surface area contributed by atoms with Gasteiger partial charge in [-0.1, -0.05) is 187 Å². The average Bonchev–Trinajstić information content (AvgIpc) is 1.55. The Morgan fingerprint density at radius 2 is 1.05 bits per heavy atom. The number of benzene rings is 7. The number of carbonyl (C=O) groups excluding carboxylic acids is 4. The van der Waals surface area contributed by atoms with Crippen LogP contribution in [0, 0.1) is 24.0 Å². The van der Waals surface area contributed by atoms with Crippen molar-refractivity contribution in [2.24, 2.45) is 10.2 Å². The second kappa shape index (κ2) is 41.7. The van der Waals surface area contributed by atoms with Crippen molar-refractivity contribution in [2.75, 3.05) is 89.8 Å². The molecule has 5 N–H and O–H groups in total. The van der Waals surface area contributed by atoms with Gasteiger partial charge in [0.1, 0.15) is 17.2 Å². The van der Waals surface area contributed by atoms with Gasteiger partial charge in [-0.15, -0.1) is 19.8 Å². The second-order valence-electron chi connectivity index (χ2n) is 36.9. The first-order chi connectivity index (χ1) is 62.6. The van der Waals surface area contributed by atoms with Crippen LogP contribution in [0.3, 0.4) is 0 Å². The van der Waals surface area contributed by atoms with E-state index in [2.05, 4.69) is 138 Å². The van der Waals surface area contributed by atoms with Crippen LogP contribution < -0.4 is 59.2 Å². The molecule has 2 aromatic heterocycles. The number of hydrogen-bond acceptors (Lipinski definition) is 23. The molecule has 0 saturated carbocycles. The third kappa shape index (κ3) is 22.9. The van der Waals surface area contributed by atoms with E-state index >= 15 is 4.79 Å². The lowest BCUT2D eigenvalue weighted by molar-refractivity contribution is -0.387. The fraction of sp³-hybridized carbons (Fsp3) is 0.469. The molecule has 0 bridgehead atoms. The van der Waals surface area contributed by atoms with Gasteiger partial charge in [-0.05, 0) is 204 Å². The van der Waals surface area contributed by atoms with Gasteiger partial charge >= 0.3 is 12.1 Å². The van der Waals surface area contributed by atoms with Gasteiger partial charge in [0, 0.05) is 97.7 Å². The number of nitrogens with zero attached hydrogens (tertiary/aromatic N) is 13. The fourth-order valence-corrected chi connectivity index (χ4v) is 19.5. The first-order valence-electron chi connectivity index (χ1n) is 45.4. The molecule has 133 heavy (non-hydrogen) atoms. The highest BCUT2D eigenvalue weighted by atomic mass is 32.2. The highest BCUT2D eigenvalue weighted by Crippen LogP contribution is 2.56. The summed E-state index contributed by atoms with van der Waals surface area (Å²) < 4.78 is 71.2. The molecule has 5 heterocycles. The van der Waals surface area contributed by atoms with Gasteiger partial charge in [-0.2, -0.15) is 10.2 Å². The zero-order valence-corrected chi connectivity index (χ0v) is 84.2. The number of hydrogen-bond donors (Lipinski definition) is 5. The summed E-state index contributed by atoms with van der Waals surface area (Å²) >= 11 is 2.47. The number of urea groups is 1. The van der Waals surface area contributed by atoms with Gasteiger partial charge in [-0.3, -0.25) is 24.6 Å². The van der Waals surface area contributed by atoms with Crippen LogP contribution in [0.25, 0.3) is 0 Å². The Kier molecular flexibility index (Phi) is 32.1. The van der Waals surface area contributed by atoms with E-state index in [1.165, 1.54) is 43.4 Å². The number of rotatable bonds is 39. The van der Waals surface area contributed by atoms with E-state index in [1.54, 1.807) is 80.3 Å². The minimum Gasteiger partial charge on any atom is -0.481 e. The van der Waals surface area contributed by atoms with Crippen molar-refractivity contribution in [3.8, 4) is 17.2 Å². The Balaban J connectivity index is 0.000000259. The zero-order valence-electron chi connectivity index (χ0n) is 81.0. The summed E-state index contributed by atoms with van der Waals surface area (Å²) in [6, 6.07) is 46.0. The lowest BCUT2D eigenvalue weighted by Gasteiger charge is -2.39. The number of likely N-dealkylation sites (N-methyl/N-ethyl adjacent to an activating group) is 2. The maximum Gasteiger partial charge on any atom is 0.421 e. The molecule has 35 heteroatoms. The highest BCUT2D eigenvalue weighted by molar-refractivity contribution is 8.01. The SMILES string of the molecule is CCN(CCNS(C)(=O)=O)c1ccc(N(C(=O)Oc2ccccc2)C2(Sc3ccccc3[N+](=O)[O-])C(C)=Nn3nc(C(C)CNC(=O)C(C)Oc4ccc(C(C)(C)CC)cc4C(C)(C)CC)nc32)c(C)c1.CCN(CCNS(C)(=O)=O)c1ccc(N2C(=O)Nc3ccccc3SC23C(C)=Nn2nc(C(C)CNC(=O)C(C)Oc4ccc(C(C)(C)CC)cc4C(C)(C)CC)nc23)c(C)c1.